The summed E-state index contributed by atoms with van der Waals surface area (Å²) in [5.41, 5.74) is 0.809. The lowest BCUT2D eigenvalue weighted by Crippen LogP contribution is -2.29. The number of esters is 1. The summed E-state index contributed by atoms with van der Waals surface area (Å²) < 4.78 is 6.81. The third-order valence-electron chi connectivity index (χ3n) is 4.89. The molecule has 1 aromatic heterocycles. The zero-order valence-corrected chi connectivity index (χ0v) is 12.9. The second kappa shape index (κ2) is 6.10. The number of carbonyl (C=O) groups excluding carboxylic acids is 1. The quantitative estimate of drug-likeness (QED) is 0.868. The van der Waals surface area contributed by atoms with Crippen molar-refractivity contribution < 1.29 is 19.4 Å². The molecule has 0 amide bonds. The highest BCUT2D eigenvalue weighted by atomic mass is 16.5. The van der Waals surface area contributed by atoms with E-state index in [2.05, 4.69) is 4.98 Å². The van der Waals surface area contributed by atoms with Gasteiger partial charge in [0.15, 0.2) is 5.69 Å². The Morgan fingerprint density at radius 2 is 1.91 bits per heavy atom. The zero-order chi connectivity index (χ0) is 15.7. The molecule has 0 spiro atoms. The molecule has 1 atom stereocenters. The van der Waals surface area contributed by atoms with Crippen molar-refractivity contribution in [2.75, 3.05) is 7.11 Å². The van der Waals surface area contributed by atoms with Crippen LogP contribution in [0.4, 0.5) is 0 Å². The molecule has 1 aliphatic carbocycles. The van der Waals surface area contributed by atoms with Gasteiger partial charge in [-0.05, 0) is 32.1 Å². The third kappa shape index (κ3) is 2.51. The summed E-state index contributed by atoms with van der Waals surface area (Å²) in [5.74, 6) is -0.267. The maximum absolute atomic E-state index is 12.1. The first-order valence-electron chi connectivity index (χ1n) is 8.05. The molecule has 0 saturated heterocycles. The van der Waals surface area contributed by atoms with Gasteiger partial charge in [0, 0.05) is 5.92 Å². The number of hydrogen-bond donors (Lipinski definition) is 1. The van der Waals surface area contributed by atoms with Crippen molar-refractivity contribution in [1.29, 1.82) is 0 Å². The van der Waals surface area contributed by atoms with Crippen molar-refractivity contribution in [2.24, 2.45) is 0 Å². The first kappa shape index (κ1) is 15.1. The fourth-order valence-corrected chi connectivity index (χ4v) is 3.84. The van der Waals surface area contributed by atoms with Crippen LogP contribution in [-0.2, 0) is 16.0 Å². The molecule has 2 heterocycles. The van der Waals surface area contributed by atoms with Crippen molar-refractivity contribution in [3.05, 3.63) is 17.2 Å². The summed E-state index contributed by atoms with van der Waals surface area (Å²) >= 11 is 0. The number of aromatic nitrogens is 2. The van der Waals surface area contributed by atoms with Crippen molar-refractivity contribution >= 4 is 11.9 Å². The molecule has 0 radical (unpaired) electrons. The Morgan fingerprint density at radius 3 is 2.55 bits per heavy atom. The number of rotatable bonds is 3. The standard InChI is InChI=1S/C16H22N2O4/c1-22-16(21)12-9-5-8-11-13(15(19)20)17-14(18(11)12)10-6-3-2-4-7-10/h10,12H,2-9H2,1H3,(H,19,20). The highest BCUT2D eigenvalue weighted by Gasteiger charge is 2.36. The van der Waals surface area contributed by atoms with Gasteiger partial charge in [0.2, 0.25) is 0 Å². The molecule has 1 saturated carbocycles. The number of aromatic carboxylic acids is 1. The van der Waals surface area contributed by atoms with E-state index in [1.54, 1.807) is 0 Å². The lowest BCUT2D eigenvalue weighted by atomic mass is 9.88. The number of nitrogens with zero attached hydrogens (tertiary/aromatic N) is 2. The number of fused-ring (bicyclic) bond motifs is 1. The van der Waals surface area contributed by atoms with Gasteiger partial charge in [-0.15, -0.1) is 0 Å². The number of methoxy groups -OCH3 is 1. The van der Waals surface area contributed by atoms with Crippen LogP contribution in [-0.4, -0.2) is 33.7 Å². The zero-order valence-electron chi connectivity index (χ0n) is 12.9. The summed E-state index contributed by atoms with van der Waals surface area (Å²) in [6.45, 7) is 0. The van der Waals surface area contributed by atoms with Crippen molar-refractivity contribution in [1.82, 2.24) is 9.55 Å². The first-order chi connectivity index (χ1) is 10.6. The summed E-state index contributed by atoms with van der Waals surface area (Å²) in [7, 11) is 1.38. The van der Waals surface area contributed by atoms with Gasteiger partial charge in [-0.1, -0.05) is 19.3 Å². The van der Waals surface area contributed by atoms with Crippen molar-refractivity contribution in [3.8, 4) is 0 Å². The molecule has 0 aromatic carbocycles. The Labute approximate surface area is 129 Å². The highest BCUT2D eigenvalue weighted by molar-refractivity contribution is 5.87. The van der Waals surface area contributed by atoms with Crippen LogP contribution in [0.5, 0.6) is 0 Å². The molecule has 2 aliphatic rings. The second-order valence-electron chi connectivity index (χ2n) is 6.21. The van der Waals surface area contributed by atoms with E-state index >= 15 is 0 Å². The maximum Gasteiger partial charge on any atom is 0.356 e. The molecule has 120 valence electrons. The van der Waals surface area contributed by atoms with Gasteiger partial charge in [-0.25, -0.2) is 14.6 Å². The van der Waals surface area contributed by atoms with Crippen molar-refractivity contribution in [3.63, 3.8) is 0 Å². The predicted octanol–water partition coefficient (Wildman–Crippen LogP) is 2.68. The van der Waals surface area contributed by atoms with Crippen LogP contribution >= 0.6 is 0 Å². The van der Waals surface area contributed by atoms with Gasteiger partial charge >= 0.3 is 11.9 Å². The lowest BCUT2D eigenvalue weighted by Gasteiger charge is -2.29. The number of imidazole rings is 1. The first-order valence-corrected chi connectivity index (χ1v) is 8.05. The molecular formula is C16H22N2O4. The highest BCUT2D eigenvalue weighted by Crippen LogP contribution is 2.38. The van der Waals surface area contributed by atoms with E-state index in [1.165, 1.54) is 13.5 Å². The molecule has 1 unspecified atom stereocenters. The third-order valence-corrected chi connectivity index (χ3v) is 4.89. The Bertz CT molecular complexity index is 587. The molecule has 22 heavy (non-hydrogen) atoms. The molecule has 1 aliphatic heterocycles. The number of hydrogen-bond acceptors (Lipinski definition) is 4. The average Bonchev–Trinajstić information content (AvgIpc) is 2.95. The SMILES string of the molecule is COC(=O)C1CCCc2c(C(=O)O)nc(C3CCCCC3)n21. The van der Waals surface area contributed by atoms with E-state index in [1.807, 2.05) is 4.57 Å². The summed E-state index contributed by atoms with van der Waals surface area (Å²) in [6.07, 6.45) is 7.67. The van der Waals surface area contributed by atoms with Gasteiger partial charge in [0.25, 0.3) is 0 Å². The van der Waals surface area contributed by atoms with E-state index in [9.17, 15) is 14.7 Å². The number of carbonyl (C=O) groups is 2. The predicted molar refractivity (Wildman–Crippen MR) is 79.0 cm³/mol. The van der Waals surface area contributed by atoms with Crippen LogP contribution in [0.2, 0.25) is 0 Å². The van der Waals surface area contributed by atoms with E-state index in [0.29, 0.717) is 18.5 Å². The maximum atomic E-state index is 12.1. The minimum Gasteiger partial charge on any atom is -0.476 e. The summed E-state index contributed by atoms with van der Waals surface area (Å²) in [4.78, 5) is 28.1. The fourth-order valence-electron chi connectivity index (χ4n) is 3.84. The smallest absolute Gasteiger partial charge is 0.356 e. The van der Waals surface area contributed by atoms with Crippen molar-refractivity contribution in [2.45, 2.75) is 63.3 Å². The van der Waals surface area contributed by atoms with Crippen LogP contribution in [0.1, 0.15) is 78.9 Å². The number of carboxylic acid groups (broad SMARTS) is 1. The molecule has 3 rings (SSSR count). The number of carboxylic acids is 1. The van der Waals surface area contributed by atoms with Gasteiger partial charge in [0.05, 0.1) is 12.8 Å². The van der Waals surface area contributed by atoms with E-state index in [-0.39, 0.29) is 17.6 Å². The Kier molecular flexibility index (Phi) is 4.18. The molecule has 1 fully saturated rings. The van der Waals surface area contributed by atoms with Crippen LogP contribution in [0.3, 0.4) is 0 Å². The van der Waals surface area contributed by atoms with Crippen LogP contribution in [0.15, 0.2) is 0 Å². The molecule has 6 nitrogen and oxygen atoms in total. The summed E-state index contributed by atoms with van der Waals surface area (Å²) in [6, 6.07) is -0.425. The molecular weight excluding hydrogens is 284 g/mol. The minimum atomic E-state index is -1.00. The molecule has 1 N–H and O–H groups in total. The largest absolute Gasteiger partial charge is 0.476 e. The van der Waals surface area contributed by atoms with Crippen LogP contribution in [0.25, 0.3) is 0 Å². The van der Waals surface area contributed by atoms with Gasteiger partial charge in [-0.2, -0.15) is 0 Å². The average molecular weight is 306 g/mol. The number of ether oxygens (including phenoxy) is 1. The van der Waals surface area contributed by atoms with Crippen LogP contribution in [0, 0.1) is 0 Å². The van der Waals surface area contributed by atoms with Gasteiger partial charge in [0.1, 0.15) is 11.9 Å². The normalized spacial score (nSPS) is 22.1. The van der Waals surface area contributed by atoms with Gasteiger partial charge in [-0.3, -0.25) is 0 Å². The lowest BCUT2D eigenvalue weighted by molar-refractivity contribution is -0.145. The Hall–Kier alpha value is -1.85. The topological polar surface area (TPSA) is 81.4 Å². The minimum absolute atomic E-state index is 0.120. The van der Waals surface area contributed by atoms with E-state index < -0.39 is 12.0 Å². The fraction of sp³-hybridized carbons (Fsp3) is 0.688. The summed E-state index contributed by atoms with van der Waals surface area (Å²) in [5, 5.41) is 9.44. The molecule has 6 heteroatoms. The second-order valence-corrected chi connectivity index (χ2v) is 6.21. The Morgan fingerprint density at radius 1 is 1.18 bits per heavy atom. The monoisotopic (exact) mass is 306 g/mol. The van der Waals surface area contributed by atoms with Gasteiger partial charge < -0.3 is 14.4 Å². The van der Waals surface area contributed by atoms with E-state index in [0.717, 1.165) is 37.9 Å². The van der Waals surface area contributed by atoms with Crippen LogP contribution < -0.4 is 0 Å². The molecule has 1 aromatic rings. The Balaban J connectivity index is 2.08. The molecule has 0 bridgehead atoms. The van der Waals surface area contributed by atoms with E-state index in [4.69, 9.17) is 4.74 Å².